The summed E-state index contributed by atoms with van der Waals surface area (Å²) in [5.41, 5.74) is 3.11. The van der Waals surface area contributed by atoms with Gasteiger partial charge in [-0.1, -0.05) is 71.9 Å². The molecule has 37 heavy (non-hydrogen) atoms. The van der Waals surface area contributed by atoms with Gasteiger partial charge in [-0.05, 0) is 17.7 Å². The van der Waals surface area contributed by atoms with Gasteiger partial charge in [-0.25, -0.2) is 0 Å². The standard InChI is InChI=1S/C28H26ClN3O4S/c1-31-20-12-8-7-11-18(20)25-26(27(34)30-15-17-9-5-4-6-10-17)32(24(33)16-37-28(25)31)21-13-19(29)22(35-2)14-23(21)36-3/h4-14,26H,15-16H2,1-3H3,(H,30,34). The number of nitrogens with one attached hydrogen (secondary N) is 1. The molecule has 7 nitrogen and oxygen atoms in total. The molecule has 5 rings (SSSR count). The number of nitrogens with zero attached hydrogens (tertiary/aromatic N) is 2. The Bertz CT molecular complexity index is 1490. The van der Waals surface area contributed by atoms with Crippen molar-refractivity contribution in [2.75, 3.05) is 24.9 Å². The minimum atomic E-state index is -0.953. The van der Waals surface area contributed by atoms with E-state index in [1.807, 2.05) is 66.2 Å². The highest BCUT2D eigenvalue weighted by atomic mass is 35.5. The van der Waals surface area contributed by atoms with Gasteiger partial charge in [0.25, 0.3) is 0 Å². The molecule has 190 valence electrons. The van der Waals surface area contributed by atoms with Crippen LogP contribution in [0.5, 0.6) is 11.5 Å². The number of thioether (sulfide) groups is 1. The Labute approximate surface area is 224 Å². The van der Waals surface area contributed by atoms with Crippen molar-refractivity contribution in [1.29, 1.82) is 0 Å². The topological polar surface area (TPSA) is 72.8 Å². The zero-order valence-electron chi connectivity index (χ0n) is 20.7. The van der Waals surface area contributed by atoms with Crippen molar-refractivity contribution < 1.29 is 19.1 Å². The highest BCUT2D eigenvalue weighted by Crippen LogP contribution is 2.47. The third kappa shape index (κ3) is 4.51. The zero-order chi connectivity index (χ0) is 26.1. The van der Waals surface area contributed by atoms with Crippen LogP contribution in [-0.4, -0.2) is 36.4 Å². The lowest BCUT2D eigenvalue weighted by molar-refractivity contribution is -0.125. The molecule has 0 aliphatic carbocycles. The molecule has 2 amide bonds. The second-order valence-electron chi connectivity index (χ2n) is 8.61. The summed E-state index contributed by atoms with van der Waals surface area (Å²) in [6, 6.07) is 19.9. The minimum absolute atomic E-state index is 0.145. The van der Waals surface area contributed by atoms with E-state index >= 15 is 0 Å². The lowest BCUT2D eigenvalue weighted by Gasteiger charge is -2.31. The third-order valence-electron chi connectivity index (χ3n) is 6.49. The number of rotatable bonds is 6. The number of ether oxygens (including phenoxy) is 2. The minimum Gasteiger partial charge on any atom is -0.495 e. The summed E-state index contributed by atoms with van der Waals surface area (Å²) < 4.78 is 13.0. The van der Waals surface area contributed by atoms with E-state index in [0.29, 0.717) is 28.8 Å². The summed E-state index contributed by atoms with van der Waals surface area (Å²) in [7, 11) is 4.98. The van der Waals surface area contributed by atoms with Crippen LogP contribution in [0, 0.1) is 0 Å². The van der Waals surface area contributed by atoms with Crippen LogP contribution in [0.1, 0.15) is 17.2 Å². The summed E-state index contributed by atoms with van der Waals surface area (Å²) in [5.74, 6) is 0.404. The van der Waals surface area contributed by atoms with Crippen LogP contribution >= 0.6 is 23.4 Å². The lowest BCUT2D eigenvalue weighted by atomic mass is 10.0. The van der Waals surface area contributed by atoms with Crippen LogP contribution in [0.25, 0.3) is 10.9 Å². The second-order valence-corrected chi connectivity index (χ2v) is 9.98. The largest absolute Gasteiger partial charge is 0.495 e. The smallest absolute Gasteiger partial charge is 0.248 e. The van der Waals surface area contributed by atoms with Crippen LogP contribution < -0.4 is 19.7 Å². The first kappa shape index (κ1) is 25.0. The van der Waals surface area contributed by atoms with Gasteiger partial charge in [0.1, 0.15) is 17.5 Å². The molecule has 0 bridgehead atoms. The van der Waals surface area contributed by atoms with E-state index < -0.39 is 6.04 Å². The fraction of sp³-hybridized carbons (Fsp3) is 0.214. The molecule has 1 aliphatic heterocycles. The Balaban J connectivity index is 1.70. The maximum atomic E-state index is 14.1. The Kier molecular flexibility index (Phi) is 7.04. The van der Waals surface area contributed by atoms with Crippen LogP contribution in [0.3, 0.4) is 0 Å². The van der Waals surface area contributed by atoms with E-state index in [0.717, 1.165) is 27.1 Å². The number of para-hydroxylation sites is 1. The van der Waals surface area contributed by atoms with Crippen LogP contribution in [-0.2, 0) is 23.2 Å². The fourth-order valence-electron chi connectivity index (χ4n) is 4.75. The molecule has 1 aromatic heterocycles. The molecular weight excluding hydrogens is 510 g/mol. The number of benzene rings is 3. The average Bonchev–Trinajstić information content (AvgIpc) is 3.10. The Morgan fingerprint density at radius 2 is 1.76 bits per heavy atom. The van der Waals surface area contributed by atoms with E-state index in [4.69, 9.17) is 21.1 Å². The Morgan fingerprint density at radius 3 is 2.49 bits per heavy atom. The van der Waals surface area contributed by atoms with Crippen molar-refractivity contribution in [3.63, 3.8) is 0 Å². The predicted molar refractivity (Wildman–Crippen MR) is 147 cm³/mol. The summed E-state index contributed by atoms with van der Waals surface area (Å²) in [6.45, 7) is 0.325. The van der Waals surface area contributed by atoms with E-state index in [-0.39, 0.29) is 17.6 Å². The van der Waals surface area contributed by atoms with Gasteiger partial charge in [0.2, 0.25) is 11.8 Å². The molecule has 2 heterocycles. The first-order chi connectivity index (χ1) is 17.9. The van der Waals surface area contributed by atoms with Gasteiger partial charge < -0.3 is 19.4 Å². The molecule has 0 spiro atoms. The number of aryl methyl sites for hydroxylation is 1. The van der Waals surface area contributed by atoms with Crippen molar-refractivity contribution >= 4 is 51.8 Å². The molecule has 1 N–H and O–H groups in total. The summed E-state index contributed by atoms with van der Waals surface area (Å²) in [5, 5.41) is 5.15. The number of fused-ring (bicyclic) bond motifs is 3. The van der Waals surface area contributed by atoms with Gasteiger partial charge in [-0.15, -0.1) is 0 Å². The van der Waals surface area contributed by atoms with E-state index in [2.05, 4.69) is 5.32 Å². The quantitative estimate of drug-likeness (QED) is 0.360. The molecule has 1 aliphatic rings. The van der Waals surface area contributed by atoms with Crippen molar-refractivity contribution in [3.8, 4) is 11.5 Å². The molecule has 0 saturated heterocycles. The van der Waals surface area contributed by atoms with Crippen LogP contribution in [0.15, 0.2) is 71.8 Å². The van der Waals surface area contributed by atoms with Gasteiger partial charge in [0.15, 0.2) is 0 Å². The van der Waals surface area contributed by atoms with E-state index in [1.165, 1.54) is 30.9 Å². The lowest BCUT2D eigenvalue weighted by Crippen LogP contribution is -2.44. The number of halogens is 1. The molecule has 0 saturated carbocycles. The van der Waals surface area contributed by atoms with E-state index in [1.54, 1.807) is 12.1 Å². The molecule has 0 fully saturated rings. The molecule has 3 aromatic carbocycles. The normalized spacial score (nSPS) is 15.3. The molecule has 4 aromatic rings. The highest BCUT2D eigenvalue weighted by Gasteiger charge is 2.41. The van der Waals surface area contributed by atoms with Crippen molar-refractivity contribution in [2.24, 2.45) is 7.05 Å². The van der Waals surface area contributed by atoms with Crippen molar-refractivity contribution in [2.45, 2.75) is 17.6 Å². The zero-order valence-corrected chi connectivity index (χ0v) is 22.2. The number of aromatic nitrogens is 1. The number of methoxy groups -OCH3 is 2. The number of hydrogen-bond donors (Lipinski definition) is 1. The number of anilines is 1. The third-order valence-corrected chi connectivity index (χ3v) is 7.95. The first-order valence-corrected chi connectivity index (χ1v) is 13.1. The number of carbonyl (C=O) groups is 2. The number of hydrogen-bond acceptors (Lipinski definition) is 5. The van der Waals surface area contributed by atoms with Crippen molar-refractivity contribution in [1.82, 2.24) is 9.88 Å². The average molecular weight is 536 g/mol. The van der Waals surface area contributed by atoms with Gasteiger partial charge in [0.05, 0.1) is 35.7 Å². The maximum Gasteiger partial charge on any atom is 0.248 e. The summed E-state index contributed by atoms with van der Waals surface area (Å²) >= 11 is 7.93. The monoisotopic (exact) mass is 535 g/mol. The Hall–Kier alpha value is -3.62. The molecule has 0 radical (unpaired) electrons. The highest BCUT2D eigenvalue weighted by molar-refractivity contribution is 8.00. The number of carbonyl (C=O) groups excluding carboxylic acids is 2. The molecular formula is C28H26ClN3O4S. The second kappa shape index (κ2) is 10.4. The van der Waals surface area contributed by atoms with Crippen LogP contribution in [0.2, 0.25) is 5.02 Å². The SMILES string of the molecule is COc1cc(OC)c(N2C(=O)CSc3c(c4ccccc4n3C)C2C(=O)NCc2ccccc2)cc1Cl. The van der Waals surface area contributed by atoms with Gasteiger partial charge in [0, 0.05) is 36.1 Å². The van der Waals surface area contributed by atoms with E-state index in [9.17, 15) is 9.59 Å². The van der Waals surface area contributed by atoms with Gasteiger partial charge >= 0.3 is 0 Å². The molecule has 9 heteroatoms. The summed E-state index contributed by atoms with van der Waals surface area (Å²) in [4.78, 5) is 29.3. The fourth-order valence-corrected chi connectivity index (χ4v) is 6.05. The van der Waals surface area contributed by atoms with Gasteiger partial charge in [-0.3, -0.25) is 14.5 Å². The maximum absolute atomic E-state index is 14.1. The number of amides is 2. The molecule has 1 unspecified atom stereocenters. The van der Waals surface area contributed by atoms with Gasteiger partial charge in [-0.2, -0.15) is 0 Å². The summed E-state index contributed by atoms with van der Waals surface area (Å²) in [6.07, 6.45) is 0. The molecule has 1 atom stereocenters. The van der Waals surface area contributed by atoms with Crippen LogP contribution in [0.4, 0.5) is 5.69 Å². The predicted octanol–water partition coefficient (Wildman–Crippen LogP) is 5.35. The first-order valence-electron chi connectivity index (χ1n) is 11.7. The Morgan fingerprint density at radius 1 is 1.05 bits per heavy atom. The van der Waals surface area contributed by atoms with Crippen molar-refractivity contribution in [3.05, 3.63) is 82.9 Å².